The zero-order valence-corrected chi connectivity index (χ0v) is 15.2. The third kappa shape index (κ3) is 5.59. The molecule has 2 aliphatic rings. The largest absolute Gasteiger partial charge is 0.573 e. The minimum atomic E-state index is -4.75. The Labute approximate surface area is 159 Å². The van der Waals surface area contributed by atoms with Gasteiger partial charge in [0.05, 0.1) is 25.1 Å². The van der Waals surface area contributed by atoms with E-state index in [1.807, 2.05) is 0 Å². The van der Waals surface area contributed by atoms with Crippen molar-refractivity contribution in [2.45, 2.75) is 43.9 Å². The van der Waals surface area contributed by atoms with Crippen molar-refractivity contribution in [3.05, 3.63) is 29.8 Å². The molecule has 0 radical (unpaired) electrons. The van der Waals surface area contributed by atoms with Gasteiger partial charge in [-0.1, -0.05) is 12.1 Å². The van der Waals surface area contributed by atoms with E-state index in [9.17, 15) is 22.8 Å². The van der Waals surface area contributed by atoms with Gasteiger partial charge in [-0.05, 0) is 36.5 Å². The maximum atomic E-state index is 12.7. The van der Waals surface area contributed by atoms with Crippen molar-refractivity contribution < 1.29 is 32.2 Å². The zero-order chi connectivity index (χ0) is 20.3. The highest BCUT2D eigenvalue weighted by Crippen LogP contribution is 2.41. The maximum absolute atomic E-state index is 12.7. The fourth-order valence-corrected chi connectivity index (χ4v) is 3.24. The number of benzene rings is 1. The molecule has 0 bridgehead atoms. The average Bonchev–Trinajstić information content (AvgIpc) is 3.44. The molecule has 1 saturated carbocycles. The van der Waals surface area contributed by atoms with E-state index in [-0.39, 0.29) is 42.6 Å². The minimum absolute atomic E-state index is 0.00178. The molecule has 0 spiro atoms. The molecule has 154 valence electrons. The first kappa shape index (κ1) is 20.4. The summed E-state index contributed by atoms with van der Waals surface area (Å²) in [5, 5.41) is 8.64. The van der Waals surface area contributed by atoms with Gasteiger partial charge in [-0.2, -0.15) is 0 Å². The molecular formula is C18H22F3N3O4. The second-order valence-electron chi connectivity index (χ2n) is 6.94. The second-order valence-corrected chi connectivity index (χ2v) is 6.94. The standard InChI is InChI=1S/C18H22F3N3O4/c1-27-9-14-22-13(8-15(25)23-14)17(26)24-16(10-2-3-10)11-4-6-12(7-5-11)28-18(19,20)21/h4-7,10,13-14,16,22H,2-3,8-9H2,1H3,(H,23,25)(H,24,26)/t13?,14?,16-/m1/s1. The lowest BCUT2D eigenvalue weighted by atomic mass is 10.0. The number of ether oxygens (including phenoxy) is 2. The molecule has 1 saturated heterocycles. The van der Waals surface area contributed by atoms with Crippen LogP contribution in [0.5, 0.6) is 5.75 Å². The highest BCUT2D eigenvalue weighted by atomic mass is 19.4. The lowest BCUT2D eigenvalue weighted by Crippen LogP contribution is -2.62. The predicted molar refractivity (Wildman–Crippen MR) is 92.1 cm³/mol. The van der Waals surface area contributed by atoms with E-state index in [1.54, 1.807) is 0 Å². The summed E-state index contributed by atoms with van der Waals surface area (Å²) < 4.78 is 45.8. The van der Waals surface area contributed by atoms with Crippen LogP contribution in [0.3, 0.4) is 0 Å². The van der Waals surface area contributed by atoms with E-state index in [4.69, 9.17) is 4.74 Å². The van der Waals surface area contributed by atoms with Crippen molar-refractivity contribution in [3.63, 3.8) is 0 Å². The van der Waals surface area contributed by atoms with Gasteiger partial charge < -0.3 is 20.1 Å². The summed E-state index contributed by atoms with van der Waals surface area (Å²) in [6, 6.07) is 4.44. The van der Waals surface area contributed by atoms with Crippen LogP contribution < -0.4 is 20.7 Å². The van der Waals surface area contributed by atoms with Crippen LogP contribution in [0.15, 0.2) is 24.3 Å². The zero-order valence-electron chi connectivity index (χ0n) is 15.2. The number of hydrogen-bond acceptors (Lipinski definition) is 5. The van der Waals surface area contributed by atoms with Crippen molar-refractivity contribution in [1.29, 1.82) is 0 Å². The van der Waals surface area contributed by atoms with Gasteiger partial charge in [0.1, 0.15) is 11.9 Å². The van der Waals surface area contributed by atoms with Crippen molar-refractivity contribution in [1.82, 2.24) is 16.0 Å². The van der Waals surface area contributed by atoms with E-state index in [1.165, 1.54) is 31.4 Å². The van der Waals surface area contributed by atoms with Crippen LogP contribution in [-0.4, -0.2) is 44.1 Å². The Bertz CT molecular complexity index is 707. The molecule has 10 heteroatoms. The van der Waals surface area contributed by atoms with Crippen molar-refractivity contribution >= 4 is 11.8 Å². The fourth-order valence-electron chi connectivity index (χ4n) is 3.24. The Morgan fingerprint density at radius 1 is 1.29 bits per heavy atom. The Kier molecular flexibility index (Phi) is 6.09. The molecule has 1 aliphatic carbocycles. The molecule has 1 heterocycles. The van der Waals surface area contributed by atoms with Gasteiger partial charge in [0.25, 0.3) is 0 Å². The van der Waals surface area contributed by atoms with E-state index in [2.05, 4.69) is 20.7 Å². The third-order valence-corrected chi connectivity index (χ3v) is 4.64. The molecule has 7 nitrogen and oxygen atoms in total. The monoisotopic (exact) mass is 401 g/mol. The number of amides is 2. The molecular weight excluding hydrogens is 379 g/mol. The van der Waals surface area contributed by atoms with Gasteiger partial charge in [-0.3, -0.25) is 14.9 Å². The number of rotatable bonds is 7. The molecule has 1 aromatic carbocycles. The Hall–Kier alpha value is -2.33. The first-order chi connectivity index (χ1) is 13.2. The first-order valence-corrected chi connectivity index (χ1v) is 8.95. The highest BCUT2D eigenvalue weighted by Gasteiger charge is 2.37. The number of methoxy groups -OCH3 is 1. The minimum Gasteiger partial charge on any atom is -0.406 e. The van der Waals surface area contributed by atoms with Gasteiger partial charge in [0, 0.05) is 7.11 Å². The molecule has 2 unspecified atom stereocenters. The second kappa shape index (κ2) is 8.36. The van der Waals surface area contributed by atoms with Crippen LogP contribution in [0.25, 0.3) is 0 Å². The van der Waals surface area contributed by atoms with Crippen LogP contribution in [0.4, 0.5) is 13.2 Å². The molecule has 2 fully saturated rings. The quantitative estimate of drug-likeness (QED) is 0.646. The third-order valence-electron chi connectivity index (χ3n) is 4.64. The lowest BCUT2D eigenvalue weighted by molar-refractivity contribution is -0.274. The average molecular weight is 401 g/mol. The van der Waals surface area contributed by atoms with Crippen LogP contribution in [0.1, 0.15) is 30.9 Å². The fraction of sp³-hybridized carbons (Fsp3) is 0.556. The van der Waals surface area contributed by atoms with Gasteiger partial charge in [-0.25, -0.2) is 0 Å². The smallest absolute Gasteiger partial charge is 0.406 e. The van der Waals surface area contributed by atoms with E-state index >= 15 is 0 Å². The summed E-state index contributed by atoms with van der Waals surface area (Å²) in [4.78, 5) is 24.5. The summed E-state index contributed by atoms with van der Waals surface area (Å²) in [6.07, 6.45) is -3.38. The highest BCUT2D eigenvalue weighted by molar-refractivity contribution is 5.89. The molecule has 2 amide bonds. The Morgan fingerprint density at radius 2 is 1.96 bits per heavy atom. The number of hydrogen-bond donors (Lipinski definition) is 3. The molecule has 28 heavy (non-hydrogen) atoms. The van der Waals surface area contributed by atoms with E-state index < -0.39 is 18.6 Å². The van der Waals surface area contributed by atoms with Gasteiger partial charge in [0.2, 0.25) is 11.8 Å². The summed E-state index contributed by atoms with van der Waals surface area (Å²) in [5.41, 5.74) is 0.694. The normalized spacial score (nSPS) is 23.6. The molecule has 0 aromatic heterocycles. The van der Waals surface area contributed by atoms with E-state index in [0.29, 0.717) is 5.56 Å². The number of alkyl halides is 3. The van der Waals surface area contributed by atoms with Crippen molar-refractivity contribution in [2.24, 2.45) is 5.92 Å². The molecule has 3 N–H and O–H groups in total. The van der Waals surface area contributed by atoms with E-state index in [0.717, 1.165) is 12.8 Å². The summed E-state index contributed by atoms with van der Waals surface area (Å²) in [5.74, 6) is -0.684. The van der Waals surface area contributed by atoms with Gasteiger partial charge in [-0.15, -0.1) is 13.2 Å². The molecule has 1 aromatic rings. The van der Waals surface area contributed by atoms with Crippen molar-refractivity contribution in [3.8, 4) is 5.75 Å². The van der Waals surface area contributed by atoms with Crippen LogP contribution >= 0.6 is 0 Å². The number of halogens is 3. The lowest BCUT2D eigenvalue weighted by Gasteiger charge is -2.31. The topological polar surface area (TPSA) is 88.7 Å². The number of nitrogens with one attached hydrogen (secondary N) is 3. The van der Waals surface area contributed by atoms with Crippen LogP contribution in [-0.2, 0) is 14.3 Å². The molecule has 3 atom stereocenters. The maximum Gasteiger partial charge on any atom is 0.573 e. The predicted octanol–water partition coefficient (Wildman–Crippen LogP) is 1.60. The van der Waals surface area contributed by atoms with Crippen molar-refractivity contribution in [2.75, 3.05) is 13.7 Å². The van der Waals surface area contributed by atoms with Gasteiger partial charge in [0.15, 0.2) is 0 Å². The van der Waals surface area contributed by atoms with Gasteiger partial charge >= 0.3 is 6.36 Å². The number of carbonyl (C=O) groups is 2. The van der Waals surface area contributed by atoms with Crippen LogP contribution in [0, 0.1) is 5.92 Å². The molecule has 3 rings (SSSR count). The Morgan fingerprint density at radius 3 is 2.54 bits per heavy atom. The Balaban J connectivity index is 1.66. The summed E-state index contributed by atoms with van der Waals surface area (Å²) in [7, 11) is 1.49. The summed E-state index contributed by atoms with van der Waals surface area (Å²) >= 11 is 0. The number of carbonyl (C=O) groups excluding carboxylic acids is 2. The first-order valence-electron chi connectivity index (χ1n) is 8.95. The molecule has 1 aliphatic heterocycles. The van der Waals surface area contributed by atoms with Crippen LogP contribution in [0.2, 0.25) is 0 Å². The SMILES string of the molecule is COCC1NC(=O)CC(C(=O)N[C@@H](c2ccc(OC(F)(F)F)cc2)C2CC2)N1. The summed E-state index contributed by atoms with van der Waals surface area (Å²) in [6.45, 7) is 0.224.